The third kappa shape index (κ3) is 5.26. The molecule has 1 N–H and O–H groups in total. The van der Waals surface area contributed by atoms with Gasteiger partial charge in [0.2, 0.25) is 5.91 Å². The van der Waals surface area contributed by atoms with Gasteiger partial charge in [-0.15, -0.1) is 0 Å². The number of nitrogens with one attached hydrogen (secondary N) is 1. The van der Waals surface area contributed by atoms with Crippen LogP contribution in [0.2, 0.25) is 0 Å². The highest BCUT2D eigenvalue weighted by molar-refractivity contribution is 7.85. The van der Waals surface area contributed by atoms with Crippen LogP contribution in [0.5, 0.6) is 0 Å². The molecule has 0 saturated carbocycles. The van der Waals surface area contributed by atoms with Gasteiger partial charge in [0.25, 0.3) is 0 Å². The number of amides is 1. The number of hydrogen-bond donors (Lipinski definition) is 1. The van der Waals surface area contributed by atoms with E-state index in [1.165, 1.54) is 18.2 Å². The van der Waals surface area contributed by atoms with Crippen LogP contribution in [0.4, 0.5) is 4.39 Å². The van der Waals surface area contributed by atoms with Gasteiger partial charge in [-0.25, -0.2) is 4.39 Å². The summed E-state index contributed by atoms with van der Waals surface area (Å²) in [5, 5.41) is 2.68. The molecule has 1 atom stereocenters. The number of benzene rings is 2. The van der Waals surface area contributed by atoms with Crippen LogP contribution in [0, 0.1) is 5.82 Å². The van der Waals surface area contributed by atoms with Crippen LogP contribution in [0.15, 0.2) is 53.4 Å². The Bertz CT molecular complexity index is 688. The Balaban J connectivity index is 1.85. The summed E-state index contributed by atoms with van der Waals surface area (Å²) in [5.41, 5.74) is 1.97. The zero-order valence-corrected chi connectivity index (χ0v) is 13.6. The van der Waals surface area contributed by atoms with Crippen molar-refractivity contribution in [2.75, 3.05) is 12.9 Å². The maximum absolute atomic E-state index is 13.5. The first-order chi connectivity index (χ1) is 11.1. The second kappa shape index (κ2) is 8.55. The van der Waals surface area contributed by atoms with Crippen LogP contribution < -0.4 is 5.32 Å². The Hall–Kier alpha value is -2.05. The number of carbonyl (C=O) groups excluding carboxylic acids is 1. The molecule has 0 aromatic heterocycles. The third-order valence-corrected chi connectivity index (χ3v) is 4.51. The summed E-state index contributed by atoms with van der Waals surface area (Å²) in [5.74, 6) is -1.21. The fourth-order valence-electron chi connectivity index (χ4n) is 2.00. The van der Waals surface area contributed by atoms with Gasteiger partial charge in [-0.1, -0.05) is 36.4 Å². The van der Waals surface area contributed by atoms with Gasteiger partial charge in [0.05, 0.1) is 22.3 Å². The zero-order valence-electron chi connectivity index (χ0n) is 12.8. The first-order valence-electron chi connectivity index (χ1n) is 7.06. The Morgan fingerprint density at radius 2 is 1.78 bits per heavy atom. The first-order valence-corrected chi connectivity index (χ1v) is 8.38. The van der Waals surface area contributed by atoms with Crippen molar-refractivity contribution in [3.05, 3.63) is 65.5 Å². The molecule has 0 aliphatic heterocycles. The van der Waals surface area contributed by atoms with E-state index in [0.717, 1.165) is 11.1 Å². The van der Waals surface area contributed by atoms with Crippen molar-refractivity contribution in [3.63, 3.8) is 0 Å². The quantitative estimate of drug-likeness (QED) is 0.845. The maximum Gasteiger partial charge on any atom is 0.233 e. The Labute approximate surface area is 137 Å². The van der Waals surface area contributed by atoms with E-state index in [-0.39, 0.29) is 16.6 Å². The molecule has 0 aliphatic rings. The van der Waals surface area contributed by atoms with Crippen LogP contribution in [0.25, 0.3) is 0 Å². The molecule has 122 valence electrons. The predicted molar refractivity (Wildman–Crippen MR) is 86.7 cm³/mol. The molecule has 1 amide bonds. The van der Waals surface area contributed by atoms with E-state index >= 15 is 0 Å². The third-order valence-electron chi connectivity index (χ3n) is 3.17. The molecule has 2 rings (SSSR count). The number of hydrogen-bond acceptors (Lipinski definition) is 3. The fraction of sp³-hybridized carbons (Fsp3) is 0.235. The van der Waals surface area contributed by atoms with Gasteiger partial charge in [0, 0.05) is 13.7 Å². The van der Waals surface area contributed by atoms with Gasteiger partial charge in [-0.05, 0) is 23.3 Å². The number of ether oxygens (including phenoxy) is 1. The van der Waals surface area contributed by atoms with Crippen LogP contribution in [0.3, 0.4) is 0 Å². The molecule has 2 aromatic carbocycles. The molecule has 0 aliphatic carbocycles. The van der Waals surface area contributed by atoms with Crippen molar-refractivity contribution in [3.8, 4) is 0 Å². The Kier molecular flexibility index (Phi) is 6.43. The smallest absolute Gasteiger partial charge is 0.233 e. The molecular weight excluding hydrogens is 317 g/mol. The highest BCUT2D eigenvalue weighted by Gasteiger charge is 2.13. The van der Waals surface area contributed by atoms with Gasteiger partial charge in [-0.2, -0.15) is 0 Å². The largest absolute Gasteiger partial charge is 0.380 e. The lowest BCUT2D eigenvalue weighted by atomic mass is 10.1. The molecule has 0 fully saturated rings. The molecule has 0 saturated heterocycles. The van der Waals surface area contributed by atoms with E-state index < -0.39 is 16.6 Å². The normalized spacial score (nSPS) is 11.9. The molecule has 2 aromatic rings. The predicted octanol–water partition coefficient (Wildman–Crippen LogP) is 2.40. The lowest BCUT2D eigenvalue weighted by Crippen LogP contribution is -2.28. The summed E-state index contributed by atoms with van der Waals surface area (Å²) >= 11 is 0. The summed E-state index contributed by atoms with van der Waals surface area (Å²) in [6.07, 6.45) is 0. The second-order valence-electron chi connectivity index (χ2n) is 4.95. The van der Waals surface area contributed by atoms with Crippen LogP contribution in [-0.2, 0) is 33.5 Å². The average Bonchev–Trinajstić information content (AvgIpc) is 2.55. The minimum atomic E-state index is -1.69. The number of methoxy groups -OCH3 is 1. The second-order valence-corrected chi connectivity index (χ2v) is 6.37. The number of rotatable bonds is 7. The average molecular weight is 335 g/mol. The SMILES string of the molecule is COCc1ccc(CNC(=O)C[S@@](=O)c2ccccc2F)cc1. The van der Waals surface area contributed by atoms with Crippen molar-refractivity contribution in [1.29, 1.82) is 0 Å². The summed E-state index contributed by atoms with van der Waals surface area (Å²) < 4.78 is 30.5. The highest BCUT2D eigenvalue weighted by atomic mass is 32.2. The molecule has 6 heteroatoms. The lowest BCUT2D eigenvalue weighted by Gasteiger charge is -2.07. The Morgan fingerprint density at radius 1 is 1.13 bits per heavy atom. The molecule has 0 heterocycles. The molecular formula is C17H18FNO3S. The van der Waals surface area contributed by atoms with Crippen LogP contribution >= 0.6 is 0 Å². The van der Waals surface area contributed by atoms with E-state index in [1.807, 2.05) is 24.3 Å². The van der Waals surface area contributed by atoms with Crippen molar-refractivity contribution in [2.24, 2.45) is 0 Å². The standard InChI is InChI=1S/C17H18FNO3S/c1-22-11-14-8-6-13(7-9-14)10-19-17(20)12-23(21)16-5-3-2-4-15(16)18/h2-9H,10-12H2,1H3,(H,19,20)/t23-/m1/s1. The van der Waals surface area contributed by atoms with Crippen molar-refractivity contribution >= 4 is 16.7 Å². The van der Waals surface area contributed by atoms with E-state index in [9.17, 15) is 13.4 Å². The molecule has 23 heavy (non-hydrogen) atoms. The fourth-order valence-corrected chi connectivity index (χ4v) is 3.01. The van der Waals surface area contributed by atoms with Gasteiger partial charge >= 0.3 is 0 Å². The lowest BCUT2D eigenvalue weighted by molar-refractivity contribution is -0.118. The summed E-state index contributed by atoms with van der Waals surface area (Å²) in [7, 11) is -0.0641. The maximum atomic E-state index is 13.5. The summed E-state index contributed by atoms with van der Waals surface area (Å²) in [6, 6.07) is 13.4. The van der Waals surface area contributed by atoms with Crippen molar-refractivity contribution in [1.82, 2.24) is 5.32 Å². The topological polar surface area (TPSA) is 55.4 Å². The van der Waals surface area contributed by atoms with E-state index in [2.05, 4.69) is 5.32 Å². The molecule has 0 spiro atoms. The summed E-state index contributed by atoms with van der Waals surface area (Å²) in [4.78, 5) is 11.9. The van der Waals surface area contributed by atoms with Gasteiger partial charge in [0.1, 0.15) is 11.6 Å². The molecule has 0 bridgehead atoms. The monoisotopic (exact) mass is 335 g/mol. The van der Waals surface area contributed by atoms with Gasteiger partial charge in [0.15, 0.2) is 0 Å². The number of halogens is 1. The van der Waals surface area contributed by atoms with Gasteiger partial charge in [-0.3, -0.25) is 9.00 Å². The highest BCUT2D eigenvalue weighted by Crippen LogP contribution is 2.11. The van der Waals surface area contributed by atoms with Gasteiger partial charge < -0.3 is 10.1 Å². The minimum Gasteiger partial charge on any atom is -0.380 e. The zero-order chi connectivity index (χ0) is 16.7. The van der Waals surface area contributed by atoms with E-state index in [4.69, 9.17) is 4.74 Å². The van der Waals surface area contributed by atoms with Crippen molar-refractivity contribution < 1.29 is 18.1 Å². The molecule has 4 nitrogen and oxygen atoms in total. The van der Waals surface area contributed by atoms with E-state index in [0.29, 0.717) is 13.2 Å². The minimum absolute atomic E-state index is 0.0477. The summed E-state index contributed by atoms with van der Waals surface area (Å²) in [6.45, 7) is 0.870. The molecule has 0 unspecified atom stereocenters. The Morgan fingerprint density at radius 3 is 2.43 bits per heavy atom. The first kappa shape index (κ1) is 17.3. The van der Waals surface area contributed by atoms with E-state index in [1.54, 1.807) is 13.2 Å². The molecule has 0 radical (unpaired) electrons. The van der Waals surface area contributed by atoms with Crippen molar-refractivity contribution in [2.45, 2.75) is 18.0 Å². The van der Waals surface area contributed by atoms with Crippen LogP contribution in [-0.4, -0.2) is 23.0 Å². The van der Waals surface area contributed by atoms with Crippen LogP contribution in [0.1, 0.15) is 11.1 Å². The number of carbonyl (C=O) groups is 1.